The number of halogens is 1. The maximum Gasteiger partial charge on any atom is -0.0253 e. The second-order valence-corrected chi connectivity index (χ2v) is 9.14. The van der Waals surface area contributed by atoms with Gasteiger partial charge in [0.05, 0.1) is 0 Å². The summed E-state index contributed by atoms with van der Waals surface area (Å²) < 4.78 is 14.2. The van der Waals surface area contributed by atoms with Crippen LogP contribution in [0.2, 0.25) is 0 Å². The van der Waals surface area contributed by atoms with Gasteiger partial charge in [-0.3, -0.25) is 6.08 Å². The Labute approximate surface area is 207 Å². The van der Waals surface area contributed by atoms with Gasteiger partial charge in [-0.15, -0.1) is 5.56 Å². The second kappa shape index (κ2) is 11.6. The largest absolute Gasteiger partial charge is 0.179 e. The van der Waals surface area contributed by atoms with Crippen LogP contribution in [0.1, 0.15) is 44.4 Å². The molecule has 0 heterocycles. The van der Waals surface area contributed by atoms with Crippen LogP contribution in [0.3, 0.4) is 0 Å². The average molecular weight is 500 g/mol. The van der Waals surface area contributed by atoms with Crippen molar-refractivity contribution >= 4 is 3.71 Å². The molecule has 0 saturated heterocycles. The topological polar surface area (TPSA) is 0 Å². The molecule has 5 rings (SSSR count). The average Bonchev–Trinajstić information content (AvgIpc) is 3.34. The molecular formula is C30H29FZr. The number of rotatable bonds is 2. The van der Waals surface area contributed by atoms with E-state index < -0.39 is 0 Å². The first-order valence-corrected chi connectivity index (χ1v) is 12.5. The number of hydrogen-bond donors (Lipinski definition) is 0. The van der Waals surface area contributed by atoms with Crippen LogP contribution in [-0.4, -0.2) is 3.71 Å². The molecule has 2 aliphatic carbocycles. The summed E-state index contributed by atoms with van der Waals surface area (Å²) in [7, 11) is 0. The van der Waals surface area contributed by atoms with Gasteiger partial charge in [-0.05, 0) is 6.42 Å². The van der Waals surface area contributed by atoms with Gasteiger partial charge in [-0.1, -0.05) is 74.9 Å². The zero-order valence-electron chi connectivity index (χ0n) is 19.2. The summed E-state index contributed by atoms with van der Waals surface area (Å²) in [5.41, 5.74) is 9.43. The predicted molar refractivity (Wildman–Crippen MR) is 130 cm³/mol. The predicted octanol–water partition coefficient (Wildman–Crippen LogP) is 7.55. The molecule has 2 heteroatoms. The molecule has 0 radical (unpaired) electrons. The monoisotopic (exact) mass is 498 g/mol. The zero-order chi connectivity index (χ0) is 23.1. The van der Waals surface area contributed by atoms with Gasteiger partial charge in [0.25, 0.3) is 0 Å². The molecule has 3 aromatic carbocycles. The van der Waals surface area contributed by atoms with Crippen molar-refractivity contribution in [3.63, 3.8) is 0 Å². The molecule has 0 N–H and O–H groups in total. The van der Waals surface area contributed by atoms with Crippen molar-refractivity contribution in [2.24, 2.45) is 11.8 Å². The molecule has 1 unspecified atom stereocenters. The fourth-order valence-corrected chi connectivity index (χ4v) is 4.52. The summed E-state index contributed by atoms with van der Waals surface area (Å²) in [5.74, 6) is 1.03. The van der Waals surface area contributed by atoms with Crippen LogP contribution < -0.4 is 0 Å². The van der Waals surface area contributed by atoms with Gasteiger partial charge in [0, 0.05) is 0 Å². The number of fused-ring (bicyclic) bond motifs is 3. The molecule has 1 atom stereocenters. The van der Waals surface area contributed by atoms with E-state index in [4.69, 9.17) is 0 Å². The summed E-state index contributed by atoms with van der Waals surface area (Å²) in [4.78, 5) is 0. The van der Waals surface area contributed by atoms with Crippen LogP contribution in [0.5, 0.6) is 0 Å². The van der Waals surface area contributed by atoms with Crippen molar-refractivity contribution in [1.82, 2.24) is 0 Å². The van der Waals surface area contributed by atoms with Crippen molar-refractivity contribution < 1.29 is 28.6 Å². The van der Waals surface area contributed by atoms with E-state index in [1.807, 2.05) is 9.78 Å². The van der Waals surface area contributed by atoms with Crippen LogP contribution >= 0.6 is 0 Å². The standard InChI is InChI=1S/C13H9.C10H15.C7H5F.Zr/c1-3-7-12-10(5-1)9-11-6-2-4-8-13(11)12;1-7(2)10-6-8(3)5-9(10)4;1-6-2-4-7(8)5-3-6;/h1-5,7-8H,9H2;6-8H,1-4H3;1-5H;/q2*-1;;+2. The molecule has 160 valence electrons. The van der Waals surface area contributed by atoms with E-state index in [1.54, 1.807) is 12.1 Å². The summed E-state index contributed by atoms with van der Waals surface area (Å²) in [6.45, 7) is 8.79. The number of benzene rings is 3. The fraction of sp³-hybridized carbons (Fsp3) is 0.233. The van der Waals surface area contributed by atoms with E-state index in [-0.39, 0.29) is 5.82 Å². The minimum absolute atomic E-state index is 0.170. The van der Waals surface area contributed by atoms with E-state index in [2.05, 4.69) is 82.3 Å². The minimum Gasteiger partial charge on any atom is -0.179 e. The molecule has 3 aromatic rings. The maximum absolute atomic E-state index is 12.2. The summed E-state index contributed by atoms with van der Waals surface area (Å²) in [5, 5.41) is 0. The Balaban J connectivity index is 0.000000139. The third-order valence-electron chi connectivity index (χ3n) is 5.58. The SMILES string of the molecule is CC1=[C-]C(C)C=C1C(C)C.Fc1ccc([CH]=[Zr+2])cc1.[c-]1cccc2c1Cc1ccccc1-2. The molecule has 2 aliphatic rings. The van der Waals surface area contributed by atoms with E-state index in [0.29, 0.717) is 11.8 Å². The molecule has 32 heavy (non-hydrogen) atoms. The van der Waals surface area contributed by atoms with E-state index in [9.17, 15) is 4.39 Å². The molecule has 0 aliphatic heterocycles. The van der Waals surface area contributed by atoms with Gasteiger partial charge in [-0.2, -0.15) is 41.5 Å². The first-order chi connectivity index (χ1) is 15.4. The van der Waals surface area contributed by atoms with Gasteiger partial charge < -0.3 is 0 Å². The zero-order valence-corrected chi connectivity index (χ0v) is 21.7. The van der Waals surface area contributed by atoms with Crippen LogP contribution in [-0.2, 0) is 30.7 Å². The maximum atomic E-state index is 12.2. The van der Waals surface area contributed by atoms with Crippen molar-refractivity contribution in [2.45, 2.75) is 34.1 Å². The van der Waals surface area contributed by atoms with Gasteiger partial charge in [0.2, 0.25) is 0 Å². The van der Waals surface area contributed by atoms with Crippen molar-refractivity contribution in [2.75, 3.05) is 0 Å². The van der Waals surface area contributed by atoms with E-state index in [1.165, 1.54) is 69.8 Å². The first-order valence-electron chi connectivity index (χ1n) is 11.0. The Morgan fingerprint density at radius 1 is 1.00 bits per heavy atom. The van der Waals surface area contributed by atoms with Crippen LogP contribution in [0.15, 0.2) is 84.0 Å². The van der Waals surface area contributed by atoms with E-state index in [0.717, 1.165) is 12.0 Å². The second-order valence-electron chi connectivity index (χ2n) is 8.43. The fourth-order valence-electron chi connectivity index (χ4n) is 4.04. The quantitative estimate of drug-likeness (QED) is 0.250. The number of hydrogen-bond acceptors (Lipinski definition) is 0. The smallest absolute Gasteiger partial charge is 0.0253 e. The minimum atomic E-state index is -0.170. The Bertz CT molecular complexity index is 1080. The summed E-state index contributed by atoms with van der Waals surface area (Å²) >= 11 is 1.34. The molecule has 0 saturated carbocycles. The molecule has 0 bridgehead atoms. The Kier molecular flexibility index (Phi) is 8.88. The Morgan fingerprint density at radius 3 is 2.28 bits per heavy atom. The van der Waals surface area contributed by atoms with Gasteiger partial charge >= 0.3 is 68.0 Å². The third kappa shape index (κ3) is 6.42. The third-order valence-corrected chi connectivity index (χ3v) is 6.40. The van der Waals surface area contributed by atoms with E-state index >= 15 is 0 Å². The normalized spacial score (nSPS) is 15.4. The molecule has 0 amide bonds. The van der Waals surface area contributed by atoms with Crippen molar-refractivity contribution in [1.29, 1.82) is 0 Å². The molecule has 0 nitrogen and oxygen atoms in total. The molecule has 0 aromatic heterocycles. The van der Waals surface area contributed by atoms with Gasteiger partial charge in [0.15, 0.2) is 0 Å². The van der Waals surface area contributed by atoms with Crippen molar-refractivity contribution in [3.8, 4) is 11.1 Å². The van der Waals surface area contributed by atoms with Crippen LogP contribution in [0.25, 0.3) is 11.1 Å². The Hall–Kier alpha value is -2.18. The van der Waals surface area contributed by atoms with Gasteiger partial charge in [-0.25, -0.2) is 5.57 Å². The molecular weight excluding hydrogens is 471 g/mol. The van der Waals surface area contributed by atoms with Crippen LogP contribution in [0, 0.1) is 29.8 Å². The van der Waals surface area contributed by atoms with Gasteiger partial charge in [0.1, 0.15) is 0 Å². The van der Waals surface area contributed by atoms with Crippen molar-refractivity contribution in [3.05, 3.63) is 119 Å². The molecule has 0 fully saturated rings. The van der Waals surface area contributed by atoms with Crippen LogP contribution in [0.4, 0.5) is 4.39 Å². The first kappa shape index (κ1) is 24.5. The Morgan fingerprint density at radius 2 is 1.69 bits per heavy atom. The number of allylic oxidation sites excluding steroid dienone is 4. The summed E-state index contributed by atoms with van der Waals surface area (Å²) in [6, 6.07) is 24.6. The summed E-state index contributed by atoms with van der Waals surface area (Å²) in [6.07, 6.45) is 6.73. The molecule has 0 spiro atoms.